The molecule has 0 saturated carbocycles. The fourth-order valence-electron chi connectivity index (χ4n) is 1.58. The number of benzene rings is 2. The predicted octanol–water partition coefficient (Wildman–Crippen LogP) is 3.58. The highest BCUT2D eigenvalue weighted by atomic mass is 79.9. The van der Waals surface area contributed by atoms with Crippen molar-refractivity contribution in [1.29, 1.82) is 0 Å². The largest absolute Gasteiger partial charge is 0.489 e. The summed E-state index contributed by atoms with van der Waals surface area (Å²) >= 11 is 3.50. The summed E-state index contributed by atoms with van der Waals surface area (Å²) < 4.78 is 6.70. The molecule has 0 radical (unpaired) electrons. The Morgan fingerprint density at radius 2 is 2.00 bits per heavy atom. The predicted molar refractivity (Wildman–Crippen MR) is 81.6 cm³/mol. The first-order valence-electron chi connectivity index (χ1n) is 5.95. The van der Waals surface area contributed by atoms with Crippen LogP contribution in [0.4, 0.5) is 0 Å². The quantitative estimate of drug-likeness (QED) is 0.675. The van der Waals surface area contributed by atoms with E-state index in [1.165, 1.54) is 0 Å². The first-order chi connectivity index (χ1) is 9.29. The molecule has 0 atom stereocenters. The molecule has 0 aliphatic carbocycles. The smallest absolute Gasteiger partial charge is 0.120 e. The zero-order valence-corrected chi connectivity index (χ0v) is 12.2. The third-order valence-corrected chi connectivity index (χ3v) is 3.24. The maximum absolute atomic E-state index is 5.74. The van der Waals surface area contributed by atoms with Crippen molar-refractivity contribution in [2.75, 3.05) is 7.05 Å². The highest BCUT2D eigenvalue weighted by Crippen LogP contribution is 2.22. The highest BCUT2D eigenvalue weighted by molar-refractivity contribution is 9.10. The molecular weight excluding hydrogens is 304 g/mol. The Balaban J connectivity index is 2.02. The first kappa shape index (κ1) is 13.6. The minimum atomic E-state index is 0.567. The minimum Gasteiger partial charge on any atom is -0.489 e. The second-order valence-corrected chi connectivity index (χ2v) is 4.79. The molecule has 2 rings (SSSR count). The van der Waals surface area contributed by atoms with Gasteiger partial charge in [-0.2, -0.15) is 5.10 Å². The third-order valence-electron chi connectivity index (χ3n) is 2.55. The monoisotopic (exact) mass is 318 g/mol. The molecule has 0 spiro atoms. The number of hydrogen-bond donors (Lipinski definition) is 1. The van der Waals surface area contributed by atoms with Crippen LogP contribution in [0.1, 0.15) is 11.1 Å². The van der Waals surface area contributed by atoms with Crippen LogP contribution in [0.25, 0.3) is 0 Å². The van der Waals surface area contributed by atoms with Crippen LogP contribution in [0.5, 0.6) is 5.75 Å². The van der Waals surface area contributed by atoms with Gasteiger partial charge < -0.3 is 10.2 Å². The Labute approximate surface area is 121 Å². The van der Waals surface area contributed by atoms with E-state index in [4.69, 9.17) is 4.74 Å². The van der Waals surface area contributed by atoms with Gasteiger partial charge in [0.1, 0.15) is 12.4 Å². The van der Waals surface area contributed by atoms with E-state index >= 15 is 0 Å². The number of hydrazone groups is 1. The molecule has 0 unspecified atom stereocenters. The molecule has 2 aromatic rings. The van der Waals surface area contributed by atoms with E-state index in [-0.39, 0.29) is 0 Å². The Morgan fingerprint density at radius 1 is 1.21 bits per heavy atom. The lowest BCUT2D eigenvalue weighted by Gasteiger charge is -2.07. The Bertz CT molecular complexity index is 555. The topological polar surface area (TPSA) is 33.6 Å². The molecule has 3 nitrogen and oxygen atoms in total. The summed E-state index contributed by atoms with van der Waals surface area (Å²) in [5.41, 5.74) is 4.88. The van der Waals surface area contributed by atoms with Crippen molar-refractivity contribution >= 4 is 22.1 Å². The average Bonchev–Trinajstić information content (AvgIpc) is 2.45. The molecule has 19 heavy (non-hydrogen) atoms. The van der Waals surface area contributed by atoms with E-state index in [9.17, 15) is 0 Å². The Kier molecular flexibility index (Phi) is 4.98. The third kappa shape index (κ3) is 4.10. The minimum absolute atomic E-state index is 0.567. The molecule has 0 amide bonds. The van der Waals surface area contributed by atoms with Gasteiger partial charge in [-0.3, -0.25) is 0 Å². The van der Waals surface area contributed by atoms with Crippen molar-refractivity contribution in [1.82, 2.24) is 5.43 Å². The van der Waals surface area contributed by atoms with Gasteiger partial charge in [-0.15, -0.1) is 0 Å². The van der Waals surface area contributed by atoms with E-state index < -0.39 is 0 Å². The maximum atomic E-state index is 5.74. The standard InChI is InChI=1S/C15H15BrN2O/c1-17-18-10-13-7-8-14(9-15(13)16)19-11-12-5-3-2-4-6-12/h2-10,17H,11H2,1H3/b18-10+. The van der Waals surface area contributed by atoms with Crippen LogP contribution in [-0.2, 0) is 6.61 Å². The highest BCUT2D eigenvalue weighted by Gasteiger charge is 2.01. The first-order valence-corrected chi connectivity index (χ1v) is 6.75. The van der Waals surface area contributed by atoms with Crippen molar-refractivity contribution < 1.29 is 4.74 Å². The van der Waals surface area contributed by atoms with Crippen LogP contribution in [0.15, 0.2) is 58.1 Å². The number of hydrogen-bond acceptors (Lipinski definition) is 3. The van der Waals surface area contributed by atoms with E-state index in [1.807, 2.05) is 48.5 Å². The van der Waals surface area contributed by atoms with Gasteiger partial charge in [0.05, 0.1) is 6.21 Å². The lowest BCUT2D eigenvalue weighted by molar-refractivity contribution is 0.306. The molecule has 0 saturated heterocycles. The maximum Gasteiger partial charge on any atom is 0.120 e. The number of rotatable bonds is 5. The number of halogens is 1. The van der Waals surface area contributed by atoms with Crippen LogP contribution in [0.3, 0.4) is 0 Å². The van der Waals surface area contributed by atoms with Gasteiger partial charge in [0, 0.05) is 17.1 Å². The second-order valence-electron chi connectivity index (χ2n) is 3.94. The zero-order valence-electron chi connectivity index (χ0n) is 10.6. The molecule has 0 bridgehead atoms. The number of ether oxygens (including phenoxy) is 1. The van der Waals surface area contributed by atoms with E-state index in [1.54, 1.807) is 13.3 Å². The summed E-state index contributed by atoms with van der Waals surface area (Å²) in [6, 6.07) is 15.9. The SMILES string of the molecule is CN/N=C/c1ccc(OCc2ccccc2)cc1Br. The van der Waals surface area contributed by atoms with Crippen molar-refractivity contribution in [2.24, 2.45) is 5.10 Å². The summed E-state index contributed by atoms with van der Waals surface area (Å²) in [4.78, 5) is 0. The molecule has 0 aliphatic heterocycles. The fraction of sp³-hybridized carbons (Fsp3) is 0.133. The lowest BCUT2D eigenvalue weighted by atomic mass is 10.2. The van der Waals surface area contributed by atoms with Crippen molar-refractivity contribution in [3.8, 4) is 5.75 Å². The van der Waals surface area contributed by atoms with Crippen molar-refractivity contribution in [3.05, 3.63) is 64.1 Å². The fourth-order valence-corrected chi connectivity index (χ4v) is 2.04. The summed E-state index contributed by atoms with van der Waals surface area (Å²) in [7, 11) is 1.77. The normalized spacial score (nSPS) is 10.6. The molecule has 0 aliphatic rings. The summed E-state index contributed by atoms with van der Waals surface area (Å²) in [6.45, 7) is 0.567. The van der Waals surface area contributed by atoms with E-state index in [2.05, 4.69) is 26.5 Å². The van der Waals surface area contributed by atoms with Gasteiger partial charge in [0.15, 0.2) is 0 Å². The average molecular weight is 319 g/mol. The Hall–Kier alpha value is -1.81. The van der Waals surface area contributed by atoms with E-state index in [0.29, 0.717) is 6.61 Å². The van der Waals surface area contributed by atoms with Gasteiger partial charge in [-0.05, 0) is 39.7 Å². The van der Waals surface area contributed by atoms with Crippen molar-refractivity contribution in [2.45, 2.75) is 6.61 Å². The van der Waals surface area contributed by atoms with Gasteiger partial charge in [-0.25, -0.2) is 0 Å². The summed E-state index contributed by atoms with van der Waals surface area (Å²) in [5.74, 6) is 0.831. The molecule has 0 fully saturated rings. The van der Waals surface area contributed by atoms with Crippen LogP contribution >= 0.6 is 15.9 Å². The van der Waals surface area contributed by atoms with Crippen LogP contribution in [0, 0.1) is 0 Å². The molecule has 0 heterocycles. The number of nitrogens with one attached hydrogen (secondary N) is 1. The van der Waals surface area contributed by atoms with Crippen LogP contribution in [0.2, 0.25) is 0 Å². The molecule has 4 heteroatoms. The van der Waals surface area contributed by atoms with Gasteiger partial charge in [0.25, 0.3) is 0 Å². The summed E-state index contributed by atoms with van der Waals surface area (Å²) in [5, 5.41) is 3.98. The molecule has 1 N–H and O–H groups in total. The summed E-state index contributed by atoms with van der Waals surface area (Å²) in [6.07, 6.45) is 1.76. The van der Waals surface area contributed by atoms with Gasteiger partial charge in [0.2, 0.25) is 0 Å². The molecule has 2 aromatic carbocycles. The van der Waals surface area contributed by atoms with Gasteiger partial charge in [-0.1, -0.05) is 30.3 Å². The van der Waals surface area contributed by atoms with Crippen LogP contribution < -0.4 is 10.2 Å². The number of nitrogens with zero attached hydrogens (tertiary/aromatic N) is 1. The molecule has 98 valence electrons. The van der Waals surface area contributed by atoms with Crippen LogP contribution in [-0.4, -0.2) is 13.3 Å². The molecule has 0 aromatic heterocycles. The van der Waals surface area contributed by atoms with E-state index in [0.717, 1.165) is 21.3 Å². The van der Waals surface area contributed by atoms with Crippen molar-refractivity contribution in [3.63, 3.8) is 0 Å². The Morgan fingerprint density at radius 3 is 2.68 bits per heavy atom. The lowest BCUT2D eigenvalue weighted by Crippen LogP contribution is -1.97. The van der Waals surface area contributed by atoms with Gasteiger partial charge >= 0.3 is 0 Å². The second kappa shape index (κ2) is 6.95. The molecular formula is C15H15BrN2O. The zero-order chi connectivity index (χ0) is 13.5.